The summed E-state index contributed by atoms with van der Waals surface area (Å²) in [7, 11) is -3.61. The molecule has 150 valence electrons. The van der Waals surface area contributed by atoms with Gasteiger partial charge >= 0.3 is 0 Å². The summed E-state index contributed by atoms with van der Waals surface area (Å²) >= 11 is 0. The molecule has 0 fully saturated rings. The summed E-state index contributed by atoms with van der Waals surface area (Å²) in [5, 5.41) is 2.85. The molecule has 0 bridgehead atoms. The van der Waals surface area contributed by atoms with Gasteiger partial charge in [-0.05, 0) is 50.8 Å². The quantitative estimate of drug-likeness (QED) is 0.647. The zero-order chi connectivity index (χ0) is 20.0. The third-order valence-corrected chi connectivity index (χ3v) is 6.54. The molecule has 1 aromatic rings. The Hall–Kier alpha value is -1.86. The number of nitrogens with zero attached hydrogens (tertiary/aromatic N) is 1. The van der Waals surface area contributed by atoms with Gasteiger partial charge in [-0.2, -0.15) is 4.31 Å². The molecule has 27 heavy (non-hydrogen) atoms. The summed E-state index contributed by atoms with van der Waals surface area (Å²) in [5.74, 6) is 0.568. The van der Waals surface area contributed by atoms with Crippen molar-refractivity contribution in [2.24, 2.45) is 5.92 Å². The van der Waals surface area contributed by atoms with Gasteiger partial charge in [0.2, 0.25) is 15.9 Å². The fraction of sp³-hybridized carbons (Fsp3) is 0.550. The first-order valence-electron chi connectivity index (χ1n) is 9.55. The molecule has 0 radical (unpaired) electrons. The van der Waals surface area contributed by atoms with Gasteiger partial charge in [0.25, 0.3) is 0 Å². The van der Waals surface area contributed by atoms with Crippen LogP contribution in [0.1, 0.15) is 47.0 Å². The predicted molar refractivity (Wildman–Crippen MR) is 107 cm³/mol. The number of amides is 1. The zero-order valence-corrected chi connectivity index (χ0v) is 17.4. The second-order valence-corrected chi connectivity index (χ2v) is 8.87. The molecule has 1 aliphatic carbocycles. The highest BCUT2D eigenvalue weighted by Crippen LogP contribution is 2.31. The number of nitrogens with one attached hydrogen (secondary N) is 1. The highest BCUT2D eigenvalue weighted by Gasteiger charge is 2.24. The highest BCUT2D eigenvalue weighted by molar-refractivity contribution is 7.89. The summed E-state index contributed by atoms with van der Waals surface area (Å²) in [6.45, 7) is 8.15. The van der Waals surface area contributed by atoms with Crippen LogP contribution in [0.5, 0.6) is 5.75 Å². The highest BCUT2D eigenvalue weighted by atomic mass is 32.2. The third-order valence-electron chi connectivity index (χ3n) is 4.49. The van der Waals surface area contributed by atoms with E-state index in [1.165, 1.54) is 16.4 Å². The molecular weight excluding hydrogens is 364 g/mol. The van der Waals surface area contributed by atoms with Crippen molar-refractivity contribution in [2.45, 2.75) is 58.0 Å². The minimum Gasteiger partial charge on any atom is -0.489 e. The first kappa shape index (κ1) is 21.4. The second kappa shape index (κ2) is 9.37. The summed E-state index contributed by atoms with van der Waals surface area (Å²) in [4.78, 5) is 12.6. The fourth-order valence-corrected chi connectivity index (χ4v) is 4.63. The van der Waals surface area contributed by atoms with Gasteiger partial charge in [-0.15, -0.1) is 0 Å². The van der Waals surface area contributed by atoms with Crippen LogP contribution in [0.4, 0.5) is 5.69 Å². The van der Waals surface area contributed by atoms with Gasteiger partial charge in [-0.1, -0.05) is 26.0 Å². The number of benzene rings is 1. The monoisotopic (exact) mass is 394 g/mol. The molecule has 2 rings (SSSR count). The molecule has 7 heteroatoms. The van der Waals surface area contributed by atoms with Gasteiger partial charge in [-0.25, -0.2) is 8.42 Å². The van der Waals surface area contributed by atoms with Crippen molar-refractivity contribution in [1.29, 1.82) is 0 Å². The average molecular weight is 395 g/mol. The van der Waals surface area contributed by atoms with E-state index in [-0.39, 0.29) is 22.8 Å². The Kier molecular flexibility index (Phi) is 7.44. The van der Waals surface area contributed by atoms with E-state index in [4.69, 9.17) is 4.74 Å². The molecule has 1 amide bonds. The maximum atomic E-state index is 12.8. The number of anilines is 1. The van der Waals surface area contributed by atoms with Gasteiger partial charge in [0.1, 0.15) is 5.75 Å². The van der Waals surface area contributed by atoms with E-state index >= 15 is 0 Å². The standard InChI is InChI=1S/C20H30N2O4S/c1-5-22(6-2)27(24,25)17-11-12-19(26-15(3)4)18(14-17)21-20(23)13-16-9-7-8-10-16/h7,9,11-12,14-16H,5-6,8,10,13H2,1-4H3,(H,21,23). The van der Waals surface area contributed by atoms with E-state index in [1.54, 1.807) is 19.9 Å². The normalized spacial score (nSPS) is 16.9. The van der Waals surface area contributed by atoms with Crippen molar-refractivity contribution < 1.29 is 17.9 Å². The van der Waals surface area contributed by atoms with Crippen molar-refractivity contribution in [3.63, 3.8) is 0 Å². The van der Waals surface area contributed by atoms with Crippen LogP contribution >= 0.6 is 0 Å². The smallest absolute Gasteiger partial charge is 0.243 e. The fourth-order valence-electron chi connectivity index (χ4n) is 3.14. The lowest BCUT2D eigenvalue weighted by Crippen LogP contribution is -2.30. The summed E-state index contributed by atoms with van der Waals surface area (Å²) in [6, 6.07) is 4.63. The minimum absolute atomic E-state index is 0.0938. The van der Waals surface area contributed by atoms with Crippen molar-refractivity contribution in [3.05, 3.63) is 30.4 Å². The van der Waals surface area contributed by atoms with E-state index in [1.807, 2.05) is 13.8 Å². The van der Waals surface area contributed by atoms with Gasteiger partial charge < -0.3 is 10.1 Å². The molecule has 0 spiro atoms. The van der Waals surface area contributed by atoms with E-state index in [0.717, 1.165) is 12.8 Å². The van der Waals surface area contributed by atoms with Crippen LogP contribution in [0.3, 0.4) is 0 Å². The molecule has 0 heterocycles. The first-order valence-corrected chi connectivity index (χ1v) is 11.0. The van der Waals surface area contributed by atoms with E-state index in [2.05, 4.69) is 17.5 Å². The van der Waals surface area contributed by atoms with Gasteiger partial charge in [0.15, 0.2) is 0 Å². The number of carbonyl (C=O) groups excluding carboxylic acids is 1. The van der Waals surface area contributed by atoms with Crippen LogP contribution in [0.2, 0.25) is 0 Å². The van der Waals surface area contributed by atoms with Crippen molar-refractivity contribution in [1.82, 2.24) is 4.31 Å². The number of ether oxygens (including phenoxy) is 1. The third kappa shape index (κ3) is 5.56. The summed E-state index contributed by atoms with van der Waals surface area (Å²) in [5.41, 5.74) is 0.393. The molecule has 6 nitrogen and oxygen atoms in total. The lowest BCUT2D eigenvalue weighted by atomic mass is 10.1. The van der Waals surface area contributed by atoms with E-state index in [9.17, 15) is 13.2 Å². The Morgan fingerprint density at radius 1 is 1.30 bits per heavy atom. The molecule has 1 aliphatic rings. The molecule has 1 atom stereocenters. The predicted octanol–water partition coefficient (Wildman–Crippen LogP) is 3.80. The second-order valence-electron chi connectivity index (χ2n) is 6.93. The molecule has 0 aromatic heterocycles. The van der Waals surface area contributed by atoms with E-state index in [0.29, 0.717) is 30.9 Å². The molecular formula is C20H30N2O4S. The zero-order valence-electron chi connectivity index (χ0n) is 16.6. The molecule has 0 saturated carbocycles. The van der Waals surface area contributed by atoms with E-state index < -0.39 is 10.0 Å². The number of carbonyl (C=O) groups is 1. The lowest BCUT2D eigenvalue weighted by molar-refractivity contribution is -0.116. The Balaban J connectivity index is 2.30. The van der Waals surface area contributed by atoms with Gasteiger partial charge in [-0.3, -0.25) is 4.79 Å². The summed E-state index contributed by atoms with van der Waals surface area (Å²) < 4.78 is 32.8. The average Bonchev–Trinajstić information content (AvgIpc) is 3.09. The Bertz CT molecular complexity index is 783. The Labute approximate surface area is 162 Å². The van der Waals surface area contributed by atoms with Gasteiger partial charge in [0, 0.05) is 19.5 Å². The lowest BCUT2D eigenvalue weighted by Gasteiger charge is -2.21. The Morgan fingerprint density at radius 3 is 2.56 bits per heavy atom. The van der Waals surface area contributed by atoms with Crippen LogP contribution in [-0.2, 0) is 14.8 Å². The topological polar surface area (TPSA) is 75.7 Å². The number of rotatable bonds is 9. The van der Waals surface area contributed by atoms with Crippen molar-refractivity contribution in [3.8, 4) is 5.75 Å². The van der Waals surface area contributed by atoms with Gasteiger partial charge in [0.05, 0.1) is 16.7 Å². The van der Waals surface area contributed by atoms with Crippen LogP contribution in [0, 0.1) is 5.92 Å². The van der Waals surface area contributed by atoms with Crippen LogP contribution in [-0.4, -0.2) is 37.8 Å². The molecule has 1 N–H and O–H groups in total. The number of hydrogen-bond acceptors (Lipinski definition) is 4. The molecule has 0 saturated heterocycles. The van der Waals surface area contributed by atoms with Crippen LogP contribution in [0.25, 0.3) is 0 Å². The Morgan fingerprint density at radius 2 is 2.00 bits per heavy atom. The SMILES string of the molecule is CCN(CC)S(=O)(=O)c1ccc(OC(C)C)c(NC(=O)CC2C=CCC2)c1. The number of allylic oxidation sites excluding steroid dienone is 2. The maximum Gasteiger partial charge on any atom is 0.243 e. The molecule has 1 unspecified atom stereocenters. The molecule has 0 aliphatic heterocycles. The maximum absolute atomic E-state index is 12.8. The first-order chi connectivity index (χ1) is 12.8. The van der Waals surface area contributed by atoms with Crippen molar-refractivity contribution >= 4 is 21.6 Å². The number of hydrogen-bond donors (Lipinski definition) is 1. The summed E-state index contributed by atoms with van der Waals surface area (Å²) in [6.07, 6.45) is 6.40. The van der Waals surface area contributed by atoms with Crippen LogP contribution in [0.15, 0.2) is 35.2 Å². The largest absolute Gasteiger partial charge is 0.489 e. The minimum atomic E-state index is -3.61. The van der Waals surface area contributed by atoms with Crippen molar-refractivity contribution in [2.75, 3.05) is 18.4 Å². The molecule has 1 aromatic carbocycles. The van der Waals surface area contributed by atoms with Crippen LogP contribution < -0.4 is 10.1 Å². The number of sulfonamides is 1.